The largest absolute Gasteiger partial charge is 0.490 e. The Bertz CT molecular complexity index is 540. The standard InChI is InChI=1S/C17H20O4/c1-2-19-16-10-6-7-14(13-18)17(16)21-12-11-20-15-8-4-3-5-9-15/h3-10,18H,2,11-13H2,1H3. The van der Waals surface area contributed by atoms with Crippen molar-refractivity contribution in [2.45, 2.75) is 13.5 Å². The van der Waals surface area contributed by atoms with Crippen LogP contribution >= 0.6 is 0 Å². The highest BCUT2D eigenvalue weighted by Gasteiger charge is 2.10. The number of para-hydroxylation sites is 2. The van der Waals surface area contributed by atoms with E-state index in [-0.39, 0.29) is 6.61 Å². The Morgan fingerprint density at radius 3 is 2.33 bits per heavy atom. The second-order valence-electron chi connectivity index (χ2n) is 4.35. The summed E-state index contributed by atoms with van der Waals surface area (Å²) in [6.45, 7) is 3.18. The number of hydrogen-bond acceptors (Lipinski definition) is 4. The van der Waals surface area contributed by atoms with Crippen molar-refractivity contribution in [1.29, 1.82) is 0 Å². The van der Waals surface area contributed by atoms with Crippen molar-refractivity contribution in [3.8, 4) is 17.2 Å². The normalized spacial score (nSPS) is 10.2. The van der Waals surface area contributed by atoms with Gasteiger partial charge in [0.05, 0.1) is 13.2 Å². The molecule has 0 aliphatic rings. The molecule has 21 heavy (non-hydrogen) atoms. The van der Waals surface area contributed by atoms with E-state index in [1.807, 2.05) is 55.5 Å². The van der Waals surface area contributed by atoms with E-state index in [9.17, 15) is 5.11 Å². The SMILES string of the molecule is CCOc1cccc(CO)c1OCCOc1ccccc1. The minimum Gasteiger partial charge on any atom is -0.490 e. The fraction of sp³-hybridized carbons (Fsp3) is 0.294. The van der Waals surface area contributed by atoms with Crippen LogP contribution in [0, 0.1) is 0 Å². The van der Waals surface area contributed by atoms with Gasteiger partial charge in [0.15, 0.2) is 11.5 Å². The second-order valence-corrected chi connectivity index (χ2v) is 4.35. The number of rotatable bonds is 8. The van der Waals surface area contributed by atoms with E-state index in [0.29, 0.717) is 36.9 Å². The van der Waals surface area contributed by atoms with Gasteiger partial charge in [-0.2, -0.15) is 0 Å². The van der Waals surface area contributed by atoms with Crippen LogP contribution < -0.4 is 14.2 Å². The van der Waals surface area contributed by atoms with Gasteiger partial charge in [0.1, 0.15) is 19.0 Å². The smallest absolute Gasteiger partial charge is 0.166 e. The Morgan fingerprint density at radius 2 is 1.62 bits per heavy atom. The quantitative estimate of drug-likeness (QED) is 0.758. The Morgan fingerprint density at radius 1 is 0.857 bits per heavy atom. The highest BCUT2D eigenvalue weighted by Crippen LogP contribution is 2.31. The predicted octanol–water partition coefficient (Wildman–Crippen LogP) is 3.04. The molecule has 2 aromatic rings. The molecule has 112 valence electrons. The van der Waals surface area contributed by atoms with Gasteiger partial charge in [-0.3, -0.25) is 0 Å². The monoisotopic (exact) mass is 288 g/mol. The molecule has 0 aromatic heterocycles. The number of ether oxygens (including phenoxy) is 3. The molecule has 0 fully saturated rings. The molecule has 0 spiro atoms. The summed E-state index contributed by atoms with van der Waals surface area (Å²) in [5.41, 5.74) is 0.709. The average molecular weight is 288 g/mol. The lowest BCUT2D eigenvalue weighted by atomic mass is 10.2. The third kappa shape index (κ3) is 4.39. The lowest BCUT2D eigenvalue weighted by molar-refractivity contribution is 0.201. The van der Waals surface area contributed by atoms with Gasteiger partial charge in [-0.15, -0.1) is 0 Å². The molecule has 4 heteroatoms. The van der Waals surface area contributed by atoms with Crippen LogP contribution in [0.1, 0.15) is 12.5 Å². The minimum absolute atomic E-state index is 0.0875. The highest BCUT2D eigenvalue weighted by atomic mass is 16.5. The molecule has 0 amide bonds. The molecule has 0 atom stereocenters. The second kappa shape index (κ2) is 8.17. The van der Waals surface area contributed by atoms with Gasteiger partial charge >= 0.3 is 0 Å². The van der Waals surface area contributed by atoms with Gasteiger partial charge in [-0.05, 0) is 25.1 Å². The molecule has 2 rings (SSSR count). The lowest BCUT2D eigenvalue weighted by Crippen LogP contribution is -2.11. The summed E-state index contributed by atoms with van der Waals surface area (Å²) in [7, 11) is 0. The summed E-state index contributed by atoms with van der Waals surface area (Å²) in [4.78, 5) is 0. The first kappa shape index (κ1) is 15.2. The van der Waals surface area contributed by atoms with Crippen molar-refractivity contribution in [2.75, 3.05) is 19.8 Å². The molecule has 0 radical (unpaired) electrons. The van der Waals surface area contributed by atoms with Crippen LogP contribution in [-0.2, 0) is 6.61 Å². The molecule has 0 saturated heterocycles. The summed E-state index contributed by atoms with van der Waals surface area (Å²) in [6.07, 6.45) is 0. The molecular weight excluding hydrogens is 268 g/mol. The molecule has 0 aliphatic heterocycles. The molecule has 0 heterocycles. The van der Waals surface area contributed by atoms with Crippen LogP contribution in [0.2, 0.25) is 0 Å². The Labute approximate surface area is 124 Å². The molecular formula is C17H20O4. The van der Waals surface area contributed by atoms with Gasteiger partial charge in [0.2, 0.25) is 0 Å². The molecule has 4 nitrogen and oxygen atoms in total. The van der Waals surface area contributed by atoms with Crippen molar-refractivity contribution in [3.05, 3.63) is 54.1 Å². The van der Waals surface area contributed by atoms with E-state index in [1.165, 1.54) is 0 Å². The third-order valence-corrected chi connectivity index (χ3v) is 2.87. The number of hydrogen-bond donors (Lipinski definition) is 1. The Kier molecular flexibility index (Phi) is 5.91. The Hall–Kier alpha value is -2.20. The molecule has 0 aliphatic carbocycles. The minimum atomic E-state index is -0.0875. The van der Waals surface area contributed by atoms with Gasteiger partial charge < -0.3 is 19.3 Å². The van der Waals surface area contributed by atoms with Crippen molar-refractivity contribution >= 4 is 0 Å². The van der Waals surface area contributed by atoms with Crippen LogP contribution in [0.15, 0.2) is 48.5 Å². The van der Waals surface area contributed by atoms with E-state index < -0.39 is 0 Å². The highest BCUT2D eigenvalue weighted by molar-refractivity contribution is 5.46. The summed E-state index contributed by atoms with van der Waals surface area (Å²) in [5, 5.41) is 9.38. The Balaban J connectivity index is 1.92. The summed E-state index contributed by atoms with van der Waals surface area (Å²) in [5.74, 6) is 2.03. The van der Waals surface area contributed by atoms with Crippen LogP contribution in [0.25, 0.3) is 0 Å². The van der Waals surface area contributed by atoms with Crippen LogP contribution in [0.3, 0.4) is 0 Å². The van der Waals surface area contributed by atoms with E-state index >= 15 is 0 Å². The van der Waals surface area contributed by atoms with Gasteiger partial charge in [0, 0.05) is 5.56 Å². The molecule has 0 saturated carbocycles. The third-order valence-electron chi connectivity index (χ3n) is 2.87. The lowest BCUT2D eigenvalue weighted by Gasteiger charge is -2.15. The number of aliphatic hydroxyl groups excluding tert-OH is 1. The zero-order valence-electron chi connectivity index (χ0n) is 12.1. The topological polar surface area (TPSA) is 47.9 Å². The van der Waals surface area contributed by atoms with E-state index in [1.54, 1.807) is 0 Å². The van der Waals surface area contributed by atoms with Crippen molar-refractivity contribution in [2.24, 2.45) is 0 Å². The zero-order valence-corrected chi connectivity index (χ0v) is 12.1. The van der Waals surface area contributed by atoms with Crippen molar-refractivity contribution in [3.63, 3.8) is 0 Å². The summed E-state index contributed by atoms with van der Waals surface area (Å²) >= 11 is 0. The van der Waals surface area contributed by atoms with Crippen molar-refractivity contribution < 1.29 is 19.3 Å². The fourth-order valence-corrected chi connectivity index (χ4v) is 1.94. The predicted molar refractivity (Wildman–Crippen MR) is 81.0 cm³/mol. The molecule has 0 unspecified atom stereocenters. The first-order chi connectivity index (χ1) is 10.3. The molecule has 2 aromatic carbocycles. The van der Waals surface area contributed by atoms with E-state index in [0.717, 1.165) is 5.75 Å². The van der Waals surface area contributed by atoms with E-state index in [4.69, 9.17) is 14.2 Å². The molecule has 0 bridgehead atoms. The number of benzene rings is 2. The summed E-state index contributed by atoms with van der Waals surface area (Å²) < 4.78 is 16.8. The summed E-state index contributed by atoms with van der Waals surface area (Å²) in [6, 6.07) is 15.1. The maximum Gasteiger partial charge on any atom is 0.166 e. The van der Waals surface area contributed by atoms with Crippen LogP contribution in [0.4, 0.5) is 0 Å². The zero-order chi connectivity index (χ0) is 14.9. The maximum absolute atomic E-state index is 9.38. The maximum atomic E-state index is 9.38. The van der Waals surface area contributed by atoms with Gasteiger partial charge in [-0.25, -0.2) is 0 Å². The van der Waals surface area contributed by atoms with Gasteiger partial charge in [-0.1, -0.05) is 30.3 Å². The average Bonchev–Trinajstić information content (AvgIpc) is 2.53. The van der Waals surface area contributed by atoms with Crippen molar-refractivity contribution in [1.82, 2.24) is 0 Å². The first-order valence-corrected chi connectivity index (χ1v) is 7.01. The first-order valence-electron chi connectivity index (χ1n) is 7.01. The van der Waals surface area contributed by atoms with E-state index in [2.05, 4.69) is 0 Å². The van der Waals surface area contributed by atoms with Crippen LogP contribution in [0.5, 0.6) is 17.2 Å². The number of aliphatic hydroxyl groups is 1. The molecule has 1 N–H and O–H groups in total. The van der Waals surface area contributed by atoms with Crippen LogP contribution in [-0.4, -0.2) is 24.9 Å². The van der Waals surface area contributed by atoms with Gasteiger partial charge in [0.25, 0.3) is 0 Å². The fourth-order valence-electron chi connectivity index (χ4n) is 1.94.